The zero-order valence-electron chi connectivity index (χ0n) is 14.4. The molecule has 0 amide bonds. The summed E-state index contributed by atoms with van der Waals surface area (Å²) in [5, 5.41) is 3.64. The van der Waals surface area contributed by atoms with Crippen LogP contribution >= 0.6 is 0 Å². The Morgan fingerprint density at radius 3 is 2.48 bits per heavy atom. The van der Waals surface area contributed by atoms with Gasteiger partial charge in [0, 0.05) is 24.7 Å². The molecule has 2 aromatic rings. The Balaban J connectivity index is 2.19. The lowest BCUT2D eigenvalue weighted by molar-refractivity contribution is -0.148. The van der Waals surface area contributed by atoms with Crippen molar-refractivity contribution in [3.05, 3.63) is 46.8 Å². The average molecular weight is 403 g/mol. The van der Waals surface area contributed by atoms with Crippen molar-refractivity contribution in [3.8, 4) is 0 Å². The van der Waals surface area contributed by atoms with Crippen LogP contribution in [0.1, 0.15) is 54.2 Å². The van der Waals surface area contributed by atoms with Crippen molar-refractivity contribution in [3.63, 3.8) is 0 Å². The zero-order valence-corrected chi connectivity index (χ0v) is 15.2. The van der Waals surface area contributed by atoms with Crippen molar-refractivity contribution in [2.24, 2.45) is 0 Å². The van der Waals surface area contributed by atoms with Crippen molar-refractivity contribution in [1.29, 1.82) is 0 Å². The van der Waals surface area contributed by atoms with Gasteiger partial charge in [0.25, 0.3) is 0 Å². The summed E-state index contributed by atoms with van der Waals surface area (Å²) in [7, 11) is -3.86. The van der Waals surface area contributed by atoms with Crippen LogP contribution in [0.4, 0.5) is 13.2 Å². The zero-order chi connectivity index (χ0) is 20.0. The Labute approximate surface area is 153 Å². The van der Waals surface area contributed by atoms with E-state index < -0.39 is 38.5 Å². The minimum Gasteiger partial charge on any atom is -0.453 e. The minimum atomic E-state index is -4.86. The molecule has 0 bridgehead atoms. The number of carbonyl (C=O) groups is 1. The predicted molar refractivity (Wildman–Crippen MR) is 86.6 cm³/mol. The van der Waals surface area contributed by atoms with E-state index in [1.165, 1.54) is 6.20 Å². The van der Waals surface area contributed by atoms with Gasteiger partial charge in [0.05, 0.1) is 22.2 Å². The molecule has 1 aliphatic carbocycles. The third-order valence-corrected chi connectivity index (χ3v) is 5.29. The molecule has 0 saturated heterocycles. The Bertz CT molecular complexity index is 977. The molecule has 1 aromatic carbocycles. The number of rotatable bonds is 5. The Morgan fingerprint density at radius 2 is 1.96 bits per heavy atom. The van der Waals surface area contributed by atoms with Crippen LogP contribution in [0.3, 0.4) is 0 Å². The molecule has 0 N–H and O–H groups in total. The lowest BCUT2D eigenvalue weighted by Gasteiger charge is -2.22. The molecule has 1 aromatic heterocycles. The van der Waals surface area contributed by atoms with Crippen LogP contribution in [-0.4, -0.2) is 25.8 Å². The molecule has 0 aliphatic heterocycles. The van der Waals surface area contributed by atoms with Gasteiger partial charge < -0.3 is 9.26 Å². The number of aromatic nitrogens is 1. The van der Waals surface area contributed by atoms with E-state index in [2.05, 4.69) is 5.16 Å². The van der Waals surface area contributed by atoms with Crippen molar-refractivity contribution in [1.82, 2.24) is 5.16 Å². The summed E-state index contributed by atoms with van der Waals surface area (Å²) >= 11 is 0. The minimum absolute atomic E-state index is 0.0187. The number of sulfone groups is 1. The van der Waals surface area contributed by atoms with Gasteiger partial charge in [0.1, 0.15) is 5.76 Å². The molecule has 1 fully saturated rings. The van der Waals surface area contributed by atoms with E-state index in [-0.39, 0.29) is 17.0 Å². The summed E-state index contributed by atoms with van der Waals surface area (Å²) in [5.41, 5.74) is -1.35. The van der Waals surface area contributed by atoms with E-state index >= 15 is 0 Å². The molecular formula is C17H16F3NO5S. The molecule has 27 heavy (non-hydrogen) atoms. The van der Waals surface area contributed by atoms with Gasteiger partial charge in [-0.3, -0.25) is 4.79 Å². The van der Waals surface area contributed by atoms with Crippen LogP contribution in [0.25, 0.3) is 0 Å². The van der Waals surface area contributed by atoms with Gasteiger partial charge in [-0.2, -0.15) is 13.2 Å². The lowest BCUT2D eigenvalue weighted by Crippen LogP contribution is -2.18. The van der Waals surface area contributed by atoms with Crippen LogP contribution in [0.5, 0.6) is 0 Å². The summed E-state index contributed by atoms with van der Waals surface area (Å²) in [6, 6.07) is 2.61. The molecule has 1 aliphatic rings. The van der Waals surface area contributed by atoms with Crippen molar-refractivity contribution in [2.45, 2.75) is 42.9 Å². The maximum atomic E-state index is 13.7. The topological polar surface area (TPSA) is 86.5 Å². The first-order valence-electron chi connectivity index (χ1n) is 8.01. The molecule has 0 spiro atoms. The predicted octanol–water partition coefficient (Wildman–Crippen LogP) is 3.63. The van der Waals surface area contributed by atoms with Gasteiger partial charge in [0.15, 0.2) is 15.9 Å². The molecule has 1 unspecified atom stereocenters. The van der Waals surface area contributed by atoms with Crippen LogP contribution < -0.4 is 0 Å². The van der Waals surface area contributed by atoms with Crippen LogP contribution in [0.15, 0.2) is 33.8 Å². The molecular weight excluding hydrogens is 387 g/mol. The van der Waals surface area contributed by atoms with Crippen molar-refractivity contribution < 1.29 is 35.6 Å². The highest BCUT2D eigenvalue weighted by molar-refractivity contribution is 7.90. The Morgan fingerprint density at radius 1 is 1.30 bits per heavy atom. The highest BCUT2D eigenvalue weighted by Crippen LogP contribution is 2.46. The summed E-state index contributed by atoms with van der Waals surface area (Å²) in [6.45, 7) is 1.08. The van der Waals surface area contributed by atoms with Crippen LogP contribution in [-0.2, 0) is 25.5 Å². The number of ether oxygens (including phenoxy) is 1. The SMILES string of the molecule is CC(=O)OC(c1ccc(S(C)(=O)=O)cc1C(F)(F)F)c1cnoc1C1CC1. The maximum Gasteiger partial charge on any atom is 0.416 e. The fraction of sp³-hybridized carbons (Fsp3) is 0.412. The molecule has 0 radical (unpaired) electrons. The number of benzene rings is 1. The van der Waals surface area contributed by atoms with Gasteiger partial charge in [0.2, 0.25) is 0 Å². The third kappa shape index (κ3) is 4.15. The average Bonchev–Trinajstić information content (AvgIpc) is 3.27. The van der Waals surface area contributed by atoms with E-state index in [9.17, 15) is 26.4 Å². The summed E-state index contributed by atoms with van der Waals surface area (Å²) < 4.78 is 74.6. The molecule has 10 heteroatoms. The second-order valence-electron chi connectivity index (χ2n) is 6.43. The fourth-order valence-corrected chi connectivity index (χ4v) is 3.46. The number of carbonyl (C=O) groups excluding carboxylic acids is 1. The van der Waals surface area contributed by atoms with E-state index in [0.717, 1.165) is 38.2 Å². The number of hydrogen-bond acceptors (Lipinski definition) is 6. The number of hydrogen-bond donors (Lipinski definition) is 0. The summed E-state index contributed by atoms with van der Waals surface area (Å²) in [5.74, 6) is -0.394. The normalized spacial score (nSPS) is 16.2. The molecule has 1 heterocycles. The van der Waals surface area contributed by atoms with E-state index in [1.54, 1.807) is 0 Å². The quantitative estimate of drug-likeness (QED) is 0.709. The van der Waals surface area contributed by atoms with Crippen LogP contribution in [0, 0.1) is 0 Å². The monoisotopic (exact) mass is 403 g/mol. The van der Waals surface area contributed by atoms with Crippen LogP contribution in [0.2, 0.25) is 0 Å². The van der Waals surface area contributed by atoms with Gasteiger partial charge in [-0.25, -0.2) is 8.42 Å². The van der Waals surface area contributed by atoms with E-state index in [4.69, 9.17) is 9.26 Å². The molecule has 3 rings (SSSR count). The highest BCUT2D eigenvalue weighted by Gasteiger charge is 2.40. The maximum absolute atomic E-state index is 13.7. The number of esters is 1. The lowest BCUT2D eigenvalue weighted by atomic mass is 9.95. The van der Waals surface area contributed by atoms with Crippen molar-refractivity contribution in [2.75, 3.05) is 6.26 Å². The van der Waals surface area contributed by atoms with Gasteiger partial charge in [-0.05, 0) is 25.0 Å². The molecule has 6 nitrogen and oxygen atoms in total. The van der Waals surface area contributed by atoms with Gasteiger partial charge >= 0.3 is 12.1 Å². The van der Waals surface area contributed by atoms with Crippen molar-refractivity contribution >= 4 is 15.8 Å². The molecule has 1 atom stereocenters. The number of alkyl halides is 3. The number of nitrogens with zero attached hydrogens (tertiary/aromatic N) is 1. The fourth-order valence-electron chi connectivity index (χ4n) is 2.81. The Hall–Kier alpha value is -2.36. The summed E-state index contributed by atoms with van der Waals surface area (Å²) in [6.07, 6.45) is -2.62. The first-order chi connectivity index (χ1) is 12.5. The molecule has 1 saturated carbocycles. The summed E-state index contributed by atoms with van der Waals surface area (Å²) in [4.78, 5) is 11.1. The molecule has 146 valence electrons. The van der Waals surface area contributed by atoms with E-state index in [0.29, 0.717) is 11.8 Å². The first-order valence-corrected chi connectivity index (χ1v) is 9.90. The van der Waals surface area contributed by atoms with Gasteiger partial charge in [-0.15, -0.1) is 0 Å². The first kappa shape index (κ1) is 19.4. The number of halogens is 3. The second-order valence-corrected chi connectivity index (χ2v) is 8.44. The largest absolute Gasteiger partial charge is 0.453 e. The Kier molecular flexibility index (Phi) is 4.79. The highest BCUT2D eigenvalue weighted by atomic mass is 32.2. The second kappa shape index (κ2) is 6.66. The van der Waals surface area contributed by atoms with Gasteiger partial charge in [-0.1, -0.05) is 11.2 Å². The standard InChI is InChI=1S/C17H16F3NO5S/c1-9(22)25-16(13-8-21-26-15(13)10-3-4-10)12-6-5-11(27(2,23)24)7-14(12)17(18,19)20/h5-8,10,16H,3-4H2,1-2H3. The smallest absolute Gasteiger partial charge is 0.416 e. The van der Waals surface area contributed by atoms with E-state index in [1.807, 2.05) is 0 Å². The third-order valence-electron chi connectivity index (χ3n) is 4.18.